The summed E-state index contributed by atoms with van der Waals surface area (Å²) in [6, 6.07) is 13.2. The number of thiocarbonyl (C=S) groups is 1. The number of ether oxygens (including phenoxy) is 3. The molecule has 1 aliphatic rings. The molecule has 0 aliphatic carbocycles. The number of rotatable bonds is 4. The monoisotopic (exact) mass is 357 g/mol. The normalized spacial score (nSPS) is 13.1. The Balaban J connectivity index is 1.63. The number of benzene rings is 2. The van der Waals surface area contributed by atoms with E-state index >= 15 is 0 Å². The van der Waals surface area contributed by atoms with Crippen LogP contribution in [0, 0.1) is 0 Å². The predicted octanol–water partition coefficient (Wildman–Crippen LogP) is 3.18. The number of hydrogen-bond donors (Lipinski definition) is 2. The number of methoxy groups -OCH3 is 1. The first-order chi connectivity index (χ1) is 12.2. The zero-order valence-electron chi connectivity index (χ0n) is 14.0. The van der Waals surface area contributed by atoms with Crippen molar-refractivity contribution in [2.24, 2.45) is 5.10 Å². The minimum absolute atomic E-state index is 0.394. The molecule has 0 unspecified atom stereocenters. The molecule has 0 spiro atoms. The van der Waals surface area contributed by atoms with Gasteiger partial charge in [-0.1, -0.05) is 6.07 Å². The third-order valence-electron chi connectivity index (χ3n) is 3.61. The molecule has 3 rings (SSSR count). The summed E-state index contributed by atoms with van der Waals surface area (Å²) < 4.78 is 16.3. The van der Waals surface area contributed by atoms with Crippen LogP contribution in [-0.2, 0) is 0 Å². The standard InChI is InChI=1S/C18H19N3O3S/c1-12(13-6-7-16-17(10-13)24-9-8-23-16)20-21-18(25)19-14-4-3-5-15(11-14)22-2/h3-7,10-11H,8-9H2,1-2H3,(H2,19,21,25)/b20-12-. The summed E-state index contributed by atoms with van der Waals surface area (Å²) >= 11 is 5.27. The van der Waals surface area contributed by atoms with Crippen molar-refractivity contribution in [2.45, 2.75) is 6.92 Å². The van der Waals surface area contributed by atoms with E-state index in [4.69, 9.17) is 26.4 Å². The minimum Gasteiger partial charge on any atom is -0.497 e. The van der Waals surface area contributed by atoms with Gasteiger partial charge < -0.3 is 19.5 Å². The van der Waals surface area contributed by atoms with Crippen molar-refractivity contribution < 1.29 is 14.2 Å². The van der Waals surface area contributed by atoms with Gasteiger partial charge in [0.2, 0.25) is 0 Å². The summed E-state index contributed by atoms with van der Waals surface area (Å²) in [5.74, 6) is 2.24. The van der Waals surface area contributed by atoms with Gasteiger partial charge in [0.25, 0.3) is 0 Å². The van der Waals surface area contributed by atoms with Crippen molar-refractivity contribution in [3.63, 3.8) is 0 Å². The lowest BCUT2D eigenvalue weighted by molar-refractivity contribution is 0.171. The van der Waals surface area contributed by atoms with E-state index in [0.717, 1.165) is 34.2 Å². The number of anilines is 1. The van der Waals surface area contributed by atoms with Gasteiger partial charge in [-0.25, -0.2) is 0 Å². The van der Waals surface area contributed by atoms with Crippen LogP contribution in [0.4, 0.5) is 5.69 Å². The maximum absolute atomic E-state index is 5.59. The molecule has 6 nitrogen and oxygen atoms in total. The van der Waals surface area contributed by atoms with Crippen LogP contribution in [0.3, 0.4) is 0 Å². The number of hydrazone groups is 1. The van der Waals surface area contributed by atoms with Crippen LogP contribution in [-0.4, -0.2) is 31.1 Å². The molecule has 2 aromatic carbocycles. The van der Waals surface area contributed by atoms with E-state index < -0.39 is 0 Å². The molecular formula is C18H19N3O3S. The van der Waals surface area contributed by atoms with Crippen molar-refractivity contribution in [1.82, 2.24) is 5.43 Å². The Morgan fingerprint density at radius 3 is 2.72 bits per heavy atom. The molecule has 2 aromatic rings. The summed E-state index contributed by atoms with van der Waals surface area (Å²) in [4.78, 5) is 0. The van der Waals surface area contributed by atoms with Crippen molar-refractivity contribution >= 4 is 28.7 Å². The fraction of sp³-hybridized carbons (Fsp3) is 0.222. The second-order valence-electron chi connectivity index (χ2n) is 5.35. The van der Waals surface area contributed by atoms with E-state index in [2.05, 4.69) is 15.8 Å². The highest BCUT2D eigenvalue weighted by molar-refractivity contribution is 7.80. The van der Waals surface area contributed by atoms with E-state index in [-0.39, 0.29) is 0 Å². The largest absolute Gasteiger partial charge is 0.497 e. The fourth-order valence-corrected chi connectivity index (χ4v) is 2.49. The van der Waals surface area contributed by atoms with Crippen LogP contribution in [0.25, 0.3) is 0 Å². The van der Waals surface area contributed by atoms with Gasteiger partial charge in [0.15, 0.2) is 16.6 Å². The van der Waals surface area contributed by atoms with Crippen LogP contribution >= 0.6 is 12.2 Å². The van der Waals surface area contributed by atoms with Crippen LogP contribution < -0.4 is 25.0 Å². The van der Waals surface area contributed by atoms with E-state index in [1.165, 1.54) is 0 Å². The van der Waals surface area contributed by atoms with Crippen molar-refractivity contribution in [3.8, 4) is 17.2 Å². The van der Waals surface area contributed by atoms with E-state index in [0.29, 0.717) is 18.3 Å². The lowest BCUT2D eigenvalue weighted by Gasteiger charge is -2.18. The highest BCUT2D eigenvalue weighted by Gasteiger charge is 2.12. The molecule has 1 heterocycles. The molecule has 1 aliphatic heterocycles. The SMILES string of the molecule is COc1cccc(NC(=S)N/N=C(/C)c2ccc3c(c2)OCCO3)c1. The van der Waals surface area contributed by atoms with Gasteiger partial charge in [0.05, 0.1) is 12.8 Å². The molecule has 0 amide bonds. The molecule has 0 atom stereocenters. The summed E-state index contributed by atoms with van der Waals surface area (Å²) in [6.07, 6.45) is 0. The van der Waals surface area contributed by atoms with Gasteiger partial charge in [-0.3, -0.25) is 5.43 Å². The number of nitrogens with zero attached hydrogens (tertiary/aromatic N) is 1. The van der Waals surface area contributed by atoms with Crippen LogP contribution in [0.15, 0.2) is 47.6 Å². The smallest absolute Gasteiger partial charge is 0.191 e. The minimum atomic E-state index is 0.394. The van der Waals surface area contributed by atoms with Gasteiger partial charge in [-0.2, -0.15) is 5.10 Å². The van der Waals surface area contributed by atoms with Crippen LogP contribution in [0.1, 0.15) is 12.5 Å². The number of nitrogens with one attached hydrogen (secondary N) is 2. The Labute approximate surface area is 151 Å². The average molecular weight is 357 g/mol. The van der Waals surface area contributed by atoms with Gasteiger partial charge in [-0.05, 0) is 49.5 Å². The number of fused-ring (bicyclic) bond motifs is 1. The van der Waals surface area contributed by atoms with Crippen molar-refractivity contribution in [1.29, 1.82) is 0 Å². The summed E-state index contributed by atoms with van der Waals surface area (Å²) in [6.45, 7) is 3.02. The highest BCUT2D eigenvalue weighted by Crippen LogP contribution is 2.30. The lowest BCUT2D eigenvalue weighted by Crippen LogP contribution is -2.25. The van der Waals surface area contributed by atoms with Gasteiger partial charge in [0.1, 0.15) is 19.0 Å². The number of hydrogen-bond acceptors (Lipinski definition) is 5. The molecule has 7 heteroatoms. The Morgan fingerprint density at radius 2 is 1.92 bits per heavy atom. The second-order valence-corrected chi connectivity index (χ2v) is 5.76. The zero-order valence-corrected chi connectivity index (χ0v) is 14.9. The van der Waals surface area contributed by atoms with Crippen LogP contribution in [0.2, 0.25) is 0 Å². The quantitative estimate of drug-likeness (QED) is 0.498. The maximum atomic E-state index is 5.59. The Bertz CT molecular complexity index is 808. The van der Waals surface area contributed by atoms with Crippen molar-refractivity contribution in [2.75, 3.05) is 25.6 Å². The Hall–Kier alpha value is -2.80. The fourth-order valence-electron chi connectivity index (χ4n) is 2.33. The molecule has 25 heavy (non-hydrogen) atoms. The molecule has 2 N–H and O–H groups in total. The molecule has 130 valence electrons. The summed E-state index contributed by atoms with van der Waals surface area (Å²) in [5.41, 5.74) is 5.38. The maximum Gasteiger partial charge on any atom is 0.191 e. The van der Waals surface area contributed by atoms with E-state index in [9.17, 15) is 0 Å². The topological polar surface area (TPSA) is 64.1 Å². The van der Waals surface area contributed by atoms with Gasteiger partial charge in [0, 0.05) is 17.3 Å². The Kier molecular flexibility index (Phi) is 5.35. The predicted molar refractivity (Wildman–Crippen MR) is 102 cm³/mol. The first-order valence-corrected chi connectivity index (χ1v) is 8.22. The summed E-state index contributed by atoms with van der Waals surface area (Å²) in [7, 11) is 1.62. The van der Waals surface area contributed by atoms with E-state index in [1.807, 2.05) is 49.4 Å². The second kappa shape index (κ2) is 7.85. The van der Waals surface area contributed by atoms with Gasteiger partial charge >= 0.3 is 0 Å². The third-order valence-corrected chi connectivity index (χ3v) is 3.81. The lowest BCUT2D eigenvalue weighted by atomic mass is 10.1. The van der Waals surface area contributed by atoms with Crippen LogP contribution in [0.5, 0.6) is 17.2 Å². The molecule has 0 radical (unpaired) electrons. The molecule has 0 fully saturated rings. The van der Waals surface area contributed by atoms with Gasteiger partial charge in [-0.15, -0.1) is 0 Å². The molecular weight excluding hydrogens is 338 g/mol. The molecule has 0 bridgehead atoms. The summed E-state index contributed by atoms with van der Waals surface area (Å²) in [5, 5.41) is 7.77. The first-order valence-electron chi connectivity index (χ1n) is 7.81. The average Bonchev–Trinajstić information content (AvgIpc) is 2.65. The highest BCUT2D eigenvalue weighted by atomic mass is 32.1. The molecule has 0 saturated heterocycles. The third kappa shape index (κ3) is 4.39. The zero-order chi connectivity index (χ0) is 17.6. The first kappa shape index (κ1) is 17.0. The van der Waals surface area contributed by atoms with E-state index in [1.54, 1.807) is 7.11 Å². The van der Waals surface area contributed by atoms with Crippen molar-refractivity contribution in [3.05, 3.63) is 48.0 Å². The molecule has 0 saturated carbocycles. The molecule has 0 aromatic heterocycles. The Morgan fingerprint density at radius 1 is 1.12 bits per heavy atom.